The molecule has 124 valence electrons. The molecule has 4 heteroatoms. The first-order valence-electron chi connectivity index (χ1n) is 8.31. The zero-order valence-corrected chi connectivity index (χ0v) is 13.7. The summed E-state index contributed by atoms with van der Waals surface area (Å²) in [5, 5.41) is 15.7. The fourth-order valence-corrected chi connectivity index (χ4v) is 3.63. The molecule has 0 unspecified atom stereocenters. The lowest BCUT2D eigenvalue weighted by Gasteiger charge is -2.07. The van der Waals surface area contributed by atoms with Gasteiger partial charge in [0.25, 0.3) is 5.69 Å². The Balaban J connectivity index is 2.02. The highest BCUT2D eigenvalue weighted by molar-refractivity contribution is 6.22. The van der Waals surface area contributed by atoms with Crippen LogP contribution in [0.1, 0.15) is 0 Å². The van der Waals surface area contributed by atoms with Crippen molar-refractivity contribution in [1.82, 2.24) is 0 Å². The predicted molar refractivity (Wildman–Crippen MR) is 103 cm³/mol. The van der Waals surface area contributed by atoms with Gasteiger partial charge in [0.1, 0.15) is 11.2 Å². The van der Waals surface area contributed by atoms with Crippen LogP contribution in [0.3, 0.4) is 0 Å². The van der Waals surface area contributed by atoms with E-state index in [4.69, 9.17) is 4.42 Å². The van der Waals surface area contributed by atoms with Crippen molar-refractivity contribution in [3.63, 3.8) is 0 Å². The highest BCUT2D eigenvalue weighted by Gasteiger charge is 2.21. The molecule has 0 bridgehead atoms. The van der Waals surface area contributed by atoms with Crippen LogP contribution < -0.4 is 0 Å². The van der Waals surface area contributed by atoms with Crippen LogP contribution in [-0.2, 0) is 0 Å². The van der Waals surface area contributed by atoms with Crippen LogP contribution in [0, 0.1) is 10.1 Å². The molecular weight excluding hydrogens is 326 g/mol. The number of nitrogens with zero attached hydrogens (tertiary/aromatic N) is 1. The number of para-hydroxylation sites is 2. The molecule has 5 rings (SSSR count). The SMILES string of the molecule is O=[N+]([O-])c1ccccc1-c1cc2ccccc2c2c1oc1ccccc12. The summed E-state index contributed by atoms with van der Waals surface area (Å²) in [6, 6.07) is 24.7. The molecule has 0 aliphatic rings. The molecule has 0 fully saturated rings. The molecule has 0 aliphatic carbocycles. The summed E-state index contributed by atoms with van der Waals surface area (Å²) in [6.07, 6.45) is 0. The third kappa shape index (κ3) is 2.02. The topological polar surface area (TPSA) is 56.3 Å². The Morgan fingerprint density at radius 1 is 0.769 bits per heavy atom. The Hall–Kier alpha value is -3.66. The lowest BCUT2D eigenvalue weighted by atomic mass is 9.95. The highest BCUT2D eigenvalue weighted by atomic mass is 16.6. The zero-order chi connectivity index (χ0) is 17.7. The standard InChI is InChI=1S/C22H13NO3/c24-23(25)19-11-5-3-9-16(19)18-13-14-7-1-2-8-15(14)21-17-10-4-6-12-20(17)26-22(18)21/h1-13H. The molecular formula is C22H13NO3. The average Bonchev–Trinajstić information content (AvgIpc) is 3.07. The van der Waals surface area contributed by atoms with Crippen molar-refractivity contribution in [3.05, 3.63) is 89.0 Å². The molecule has 0 saturated heterocycles. The van der Waals surface area contributed by atoms with Crippen molar-refractivity contribution >= 4 is 38.4 Å². The molecule has 0 atom stereocenters. The molecule has 1 aromatic heterocycles. The summed E-state index contributed by atoms with van der Waals surface area (Å²) in [7, 11) is 0. The predicted octanol–water partition coefficient (Wildman–Crippen LogP) is 6.31. The van der Waals surface area contributed by atoms with Crippen molar-refractivity contribution < 1.29 is 9.34 Å². The molecule has 4 nitrogen and oxygen atoms in total. The van der Waals surface area contributed by atoms with Gasteiger partial charge in [-0.3, -0.25) is 10.1 Å². The lowest BCUT2D eigenvalue weighted by Crippen LogP contribution is -1.92. The van der Waals surface area contributed by atoms with E-state index in [0.29, 0.717) is 11.1 Å². The molecule has 0 spiro atoms. The Morgan fingerprint density at radius 3 is 2.31 bits per heavy atom. The molecule has 0 N–H and O–H groups in total. The molecule has 0 saturated carbocycles. The Bertz CT molecular complexity index is 1320. The first kappa shape index (κ1) is 14.7. The fourth-order valence-electron chi connectivity index (χ4n) is 3.63. The number of rotatable bonds is 2. The summed E-state index contributed by atoms with van der Waals surface area (Å²) >= 11 is 0. The van der Waals surface area contributed by atoms with Gasteiger partial charge in [0.15, 0.2) is 0 Å². The number of nitro benzene ring substituents is 1. The number of furan rings is 1. The van der Waals surface area contributed by atoms with E-state index in [0.717, 1.165) is 32.7 Å². The number of hydrogen-bond acceptors (Lipinski definition) is 3. The third-order valence-electron chi connectivity index (χ3n) is 4.76. The quantitative estimate of drug-likeness (QED) is 0.279. The van der Waals surface area contributed by atoms with Gasteiger partial charge in [-0.2, -0.15) is 0 Å². The maximum absolute atomic E-state index is 11.5. The second-order valence-electron chi connectivity index (χ2n) is 6.22. The maximum Gasteiger partial charge on any atom is 0.277 e. The molecule has 1 heterocycles. The second kappa shape index (κ2) is 5.43. The van der Waals surface area contributed by atoms with Gasteiger partial charge >= 0.3 is 0 Å². The van der Waals surface area contributed by atoms with Crippen LogP contribution >= 0.6 is 0 Å². The van der Waals surface area contributed by atoms with Crippen LogP contribution in [0.5, 0.6) is 0 Å². The minimum atomic E-state index is -0.348. The van der Waals surface area contributed by atoms with Crippen LogP contribution in [0.4, 0.5) is 5.69 Å². The summed E-state index contributed by atoms with van der Waals surface area (Å²) in [4.78, 5) is 11.2. The molecule has 0 radical (unpaired) electrons. The van der Waals surface area contributed by atoms with Crippen molar-refractivity contribution in [2.24, 2.45) is 0 Å². The summed E-state index contributed by atoms with van der Waals surface area (Å²) < 4.78 is 6.16. The van der Waals surface area contributed by atoms with E-state index in [1.54, 1.807) is 12.1 Å². The summed E-state index contributed by atoms with van der Waals surface area (Å²) in [5.41, 5.74) is 2.83. The van der Waals surface area contributed by atoms with Gasteiger partial charge in [0.2, 0.25) is 0 Å². The van der Waals surface area contributed by atoms with Crippen molar-refractivity contribution in [2.75, 3.05) is 0 Å². The van der Waals surface area contributed by atoms with Gasteiger partial charge in [0, 0.05) is 22.4 Å². The minimum Gasteiger partial charge on any atom is -0.455 e. The number of benzene rings is 4. The monoisotopic (exact) mass is 339 g/mol. The average molecular weight is 339 g/mol. The Kier molecular flexibility index (Phi) is 3.06. The molecule has 0 amide bonds. The maximum atomic E-state index is 11.5. The van der Waals surface area contributed by atoms with Gasteiger partial charge in [-0.15, -0.1) is 0 Å². The van der Waals surface area contributed by atoms with Gasteiger partial charge in [0.05, 0.1) is 10.5 Å². The van der Waals surface area contributed by atoms with Gasteiger partial charge < -0.3 is 4.42 Å². The molecule has 26 heavy (non-hydrogen) atoms. The second-order valence-corrected chi connectivity index (χ2v) is 6.22. The van der Waals surface area contributed by atoms with Crippen LogP contribution in [0.25, 0.3) is 43.8 Å². The van der Waals surface area contributed by atoms with Crippen molar-refractivity contribution in [3.8, 4) is 11.1 Å². The van der Waals surface area contributed by atoms with Crippen LogP contribution in [-0.4, -0.2) is 4.92 Å². The van der Waals surface area contributed by atoms with Crippen molar-refractivity contribution in [2.45, 2.75) is 0 Å². The number of nitro groups is 1. The van der Waals surface area contributed by atoms with E-state index in [9.17, 15) is 10.1 Å². The Labute approximate surface area is 148 Å². The van der Waals surface area contributed by atoms with E-state index < -0.39 is 0 Å². The van der Waals surface area contributed by atoms with Gasteiger partial charge in [-0.05, 0) is 29.0 Å². The molecule has 5 aromatic rings. The first-order valence-corrected chi connectivity index (χ1v) is 8.31. The van der Waals surface area contributed by atoms with Gasteiger partial charge in [-0.25, -0.2) is 0 Å². The zero-order valence-electron chi connectivity index (χ0n) is 13.7. The van der Waals surface area contributed by atoms with Crippen molar-refractivity contribution in [1.29, 1.82) is 0 Å². The van der Waals surface area contributed by atoms with Crippen LogP contribution in [0.15, 0.2) is 83.3 Å². The normalized spacial score (nSPS) is 11.4. The Morgan fingerprint density at radius 2 is 1.46 bits per heavy atom. The summed E-state index contributed by atoms with van der Waals surface area (Å²) in [6.45, 7) is 0. The van der Waals surface area contributed by atoms with Gasteiger partial charge in [-0.1, -0.05) is 54.6 Å². The molecule has 4 aromatic carbocycles. The smallest absolute Gasteiger partial charge is 0.277 e. The lowest BCUT2D eigenvalue weighted by molar-refractivity contribution is -0.384. The highest BCUT2D eigenvalue weighted by Crippen LogP contribution is 2.42. The minimum absolute atomic E-state index is 0.0736. The van der Waals surface area contributed by atoms with Crippen LogP contribution in [0.2, 0.25) is 0 Å². The van der Waals surface area contributed by atoms with E-state index in [-0.39, 0.29) is 10.6 Å². The van der Waals surface area contributed by atoms with E-state index in [1.165, 1.54) is 6.07 Å². The molecule has 0 aliphatic heterocycles. The number of fused-ring (bicyclic) bond motifs is 5. The fraction of sp³-hybridized carbons (Fsp3) is 0. The summed E-state index contributed by atoms with van der Waals surface area (Å²) in [5.74, 6) is 0. The number of hydrogen-bond donors (Lipinski definition) is 0. The largest absolute Gasteiger partial charge is 0.455 e. The van der Waals surface area contributed by atoms with E-state index >= 15 is 0 Å². The van der Waals surface area contributed by atoms with E-state index in [1.807, 2.05) is 54.6 Å². The third-order valence-corrected chi connectivity index (χ3v) is 4.76. The van der Waals surface area contributed by atoms with E-state index in [2.05, 4.69) is 6.07 Å². The first-order chi connectivity index (χ1) is 12.7.